The summed E-state index contributed by atoms with van der Waals surface area (Å²) in [6.07, 6.45) is 0.624. The number of rotatable bonds is 5. The Bertz CT molecular complexity index is 568. The summed E-state index contributed by atoms with van der Waals surface area (Å²) in [5.41, 5.74) is 1.65. The van der Waals surface area contributed by atoms with Crippen LogP contribution in [0.15, 0.2) is 12.1 Å². The first kappa shape index (κ1) is 17.9. The molecule has 0 unspecified atom stereocenters. The summed E-state index contributed by atoms with van der Waals surface area (Å²) in [5.74, 6) is 1.42. The van der Waals surface area contributed by atoms with Crippen molar-refractivity contribution in [1.82, 2.24) is 4.90 Å². The van der Waals surface area contributed by atoms with Crippen molar-refractivity contribution in [3.05, 3.63) is 23.3 Å². The highest BCUT2D eigenvalue weighted by Gasteiger charge is 2.29. The van der Waals surface area contributed by atoms with Crippen molar-refractivity contribution in [2.75, 3.05) is 19.0 Å². The minimum atomic E-state index is -0.493. The molecule has 1 aliphatic heterocycles. The van der Waals surface area contributed by atoms with Gasteiger partial charge in [0.1, 0.15) is 5.60 Å². The van der Waals surface area contributed by atoms with Gasteiger partial charge in [0, 0.05) is 18.4 Å². The highest BCUT2D eigenvalue weighted by Crippen LogP contribution is 2.35. The second-order valence-electron chi connectivity index (χ2n) is 6.50. The first-order valence-corrected chi connectivity index (χ1v) is 8.82. The summed E-state index contributed by atoms with van der Waals surface area (Å²) in [6, 6.07) is 3.91. The third kappa shape index (κ3) is 4.77. The number of carbonyl (C=O) groups is 1. The van der Waals surface area contributed by atoms with E-state index in [1.165, 1.54) is 0 Å². The Morgan fingerprint density at radius 2 is 1.83 bits per heavy atom. The van der Waals surface area contributed by atoms with Crippen molar-refractivity contribution in [3.63, 3.8) is 0 Å². The molecular weight excluding hydrogens is 362 g/mol. The van der Waals surface area contributed by atoms with Gasteiger partial charge in [-0.1, -0.05) is 15.9 Å². The van der Waals surface area contributed by atoms with Crippen LogP contribution in [0.25, 0.3) is 0 Å². The number of methoxy groups -OCH3 is 1. The first-order valence-electron chi connectivity index (χ1n) is 7.70. The van der Waals surface area contributed by atoms with Gasteiger partial charge in [0.15, 0.2) is 11.5 Å². The van der Waals surface area contributed by atoms with E-state index in [9.17, 15) is 4.79 Å². The molecule has 0 atom stereocenters. The predicted octanol–water partition coefficient (Wildman–Crippen LogP) is 4.11. The lowest BCUT2D eigenvalue weighted by Crippen LogP contribution is -2.33. The van der Waals surface area contributed by atoms with Crippen molar-refractivity contribution >= 4 is 22.0 Å². The van der Waals surface area contributed by atoms with Gasteiger partial charge in [0.25, 0.3) is 0 Å². The van der Waals surface area contributed by atoms with E-state index in [2.05, 4.69) is 15.9 Å². The second-order valence-corrected chi connectivity index (χ2v) is 7.29. The van der Waals surface area contributed by atoms with Crippen LogP contribution in [0.2, 0.25) is 0 Å². The van der Waals surface area contributed by atoms with E-state index in [0.717, 1.165) is 28.6 Å². The highest BCUT2D eigenvalue weighted by molar-refractivity contribution is 9.09. The lowest BCUT2D eigenvalue weighted by Gasteiger charge is -2.24. The first-order chi connectivity index (χ1) is 10.8. The van der Waals surface area contributed by atoms with Crippen LogP contribution in [-0.4, -0.2) is 35.6 Å². The summed E-state index contributed by atoms with van der Waals surface area (Å²) >= 11 is 3.39. The SMILES string of the molecule is COc1cc2c(cc1OCCCBr)CN(C(=O)OC(C)(C)C)C2. The summed E-state index contributed by atoms with van der Waals surface area (Å²) in [5, 5.41) is 0.896. The van der Waals surface area contributed by atoms with Crippen molar-refractivity contribution in [3.8, 4) is 11.5 Å². The monoisotopic (exact) mass is 385 g/mol. The number of amides is 1. The van der Waals surface area contributed by atoms with Gasteiger partial charge in [-0.3, -0.25) is 4.90 Å². The van der Waals surface area contributed by atoms with Gasteiger partial charge in [-0.25, -0.2) is 4.79 Å². The molecule has 23 heavy (non-hydrogen) atoms. The molecule has 0 saturated heterocycles. The van der Waals surface area contributed by atoms with Gasteiger partial charge in [-0.15, -0.1) is 0 Å². The molecule has 0 saturated carbocycles. The third-order valence-corrected chi connectivity index (χ3v) is 3.96. The lowest BCUT2D eigenvalue weighted by atomic mass is 10.1. The Morgan fingerprint density at radius 1 is 1.22 bits per heavy atom. The predicted molar refractivity (Wildman–Crippen MR) is 92.4 cm³/mol. The average Bonchev–Trinajstić information content (AvgIpc) is 2.88. The van der Waals surface area contributed by atoms with E-state index in [1.807, 2.05) is 32.9 Å². The molecule has 0 fully saturated rings. The average molecular weight is 386 g/mol. The number of fused-ring (bicyclic) bond motifs is 1. The second kappa shape index (κ2) is 7.43. The summed E-state index contributed by atoms with van der Waals surface area (Å²) in [7, 11) is 1.62. The van der Waals surface area contributed by atoms with E-state index >= 15 is 0 Å². The molecular formula is C17H24BrNO4. The minimum absolute atomic E-state index is 0.297. The zero-order valence-electron chi connectivity index (χ0n) is 14.1. The molecule has 6 heteroatoms. The number of nitrogens with zero attached hydrogens (tertiary/aromatic N) is 1. The van der Waals surface area contributed by atoms with E-state index in [4.69, 9.17) is 14.2 Å². The molecule has 1 aliphatic rings. The van der Waals surface area contributed by atoms with E-state index in [-0.39, 0.29) is 6.09 Å². The Balaban J connectivity index is 2.11. The van der Waals surface area contributed by atoms with Crippen molar-refractivity contribution < 1.29 is 19.0 Å². The van der Waals surface area contributed by atoms with Gasteiger partial charge in [0.05, 0.1) is 13.7 Å². The van der Waals surface area contributed by atoms with Gasteiger partial charge < -0.3 is 14.2 Å². The number of hydrogen-bond acceptors (Lipinski definition) is 4. The zero-order chi connectivity index (χ0) is 17.0. The molecule has 0 bridgehead atoms. The van der Waals surface area contributed by atoms with E-state index in [0.29, 0.717) is 25.4 Å². The maximum atomic E-state index is 12.2. The van der Waals surface area contributed by atoms with Crippen LogP contribution in [0.3, 0.4) is 0 Å². The smallest absolute Gasteiger partial charge is 0.410 e. The maximum Gasteiger partial charge on any atom is 0.410 e. The number of ether oxygens (including phenoxy) is 3. The molecule has 0 radical (unpaired) electrons. The molecule has 5 nitrogen and oxygen atoms in total. The molecule has 1 amide bonds. The number of hydrogen-bond donors (Lipinski definition) is 0. The number of benzene rings is 1. The normalized spacial score (nSPS) is 13.7. The maximum absolute atomic E-state index is 12.2. The molecule has 128 valence electrons. The summed E-state index contributed by atoms with van der Waals surface area (Å²) < 4.78 is 16.6. The van der Waals surface area contributed by atoms with Crippen LogP contribution in [0.5, 0.6) is 11.5 Å². The van der Waals surface area contributed by atoms with Crippen molar-refractivity contribution in [1.29, 1.82) is 0 Å². The van der Waals surface area contributed by atoms with Crippen LogP contribution in [0.4, 0.5) is 4.79 Å². The molecule has 1 aromatic carbocycles. The summed E-state index contributed by atoms with van der Waals surface area (Å²) in [4.78, 5) is 13.9. The van der Waals surface area contributed by atoms with Crippen molar-refractivity contribution in [2.24, 2.45) is 0 Å². The zero-order valence-corrected chi connectivity index (χ0v) is 15.7. The lowest BCUT2D eigenvalue weighted by molar-refractivity contribution is 0.0241. The Kier molecular flexibility index (Phi) is 5.79. The fourth-order valence-corrected chi connectivity index (χ4v) is 2.60. The third-order valence-electron chi connectivity index (χ3n) is 3.40. The quantitative estimate of drug-likeness (QED) is 0.565. The van der Waals surface area contributed by atoms with Gasteiger partial charge in [-0.2, -0.15) is 0 Å². The Morgan fingerprint density at radius 3 is 2.35 bits per heavy atom. The Labute approximate surface area is 146 Å². The van der Waals surface area contributed by atoms with Crippen LogP contribution >= 0.6 is 15.9 Å². The fourth-order valence-electron chi connectivity index (χ4n) is 2.37. The van der Waals surface area contributed by atoms with E-state index < -0.39 is 5.60 Å². The molecule has 1 aromatic rings. The van der Waals surface area contributed by atoms with Gasteiger partial charge >= 0.3 is 6.09 Å². The molecule has 0 spiro atoms. The Hall–Kier alpha value is -1.43. The van der Waals surface area contributed by atoms with Crippen LogP contribution in [-0.2, 0) is 17.8 Å². The molecule has 0 aromatic heterocycles. The van der Waals surface area contributed by atoms with Crippen LogP contribution in [0, 0.1) is 0 Å². The van der Waals surface area contributed by atoms with E-state index in [1.54, 1.807) is 12.0 Å². The molecule has 2 rings (SSSR count). The van der Waals surface area contributed by atoms with Crippen LogP contribution < -0.4 is 9.47 Å². The van der Waals surface area contributed by atoms with Gasteiger partial charge in [0.2, 0.25) is 0 Å². The highest BCUT2D eigenvalue weighted by atomic mass is 79.9. The number of alkyl halides is 1. The molecule has 1 heterocycles. The van der Waals surface area contributed by atoms with Crippen molar-refractivity contribution in [2.45, 2.75) is 45.9 Å². The van der Waals surface area contributed by atoms with Gasteiger partial charge in [-0.05, 0) is 50.5 Å². The largest absolute Gasteiger partial charge is 0.493 e. The minimum Gasteiger partial charge on any atom is -0.493 e. The van der Waals surface area contributed by atoms with Crippen LogP contribution in [0.1, 0.15) is 38.3 Å². The topological polar surface area (TPSA) is 48.0 Å². The fraction of sp³-hybridized carbons (Fsp3) is 0.588. The molecule has 0 N–H and O–H groups in total. The standard InChI is InChI=1S/C17H24BrNO4/c1-17(2,3)23-16(20)19-10-12-8-14(21-4)15(9-13(12)11-19)22-7-5-6-18/h8-9H,5-7,10-11H2,1-4H3. The number of carbonyl (C=O) groups excluding carboxylic acids is 1. The molecule has 0 aliphatic carbocycles. The number of halogens is 1. The summed E-state index contributed by atoms with van der Waals surface area (Å²) in [6.45, 7) is 7.29.